The minimum Gasteiger partial charge on any atom is -0.338 e. The summed E-state index contributed by atoms with van der Waals surface area (Å²) in [6.45, 7) is 1.73. The Bertz CT molecular complexity index is 551. The summed E-state index contributed by atoms with van der Waals surface area (Å²) in [7, 11) is 1.72. The van der Waals surface area contributed by atoms with E-state index in [4.69, 9.17) is 5.73 Å². The van der Waals surface area contributed by atoms with Gasteiger partial charge in [-0.1, -0.05) is 12.1 Å². The van der Waals surface area contributed by atoms with Crippen LogP contribution < -0.4 is 5.73 Å². The average molecular weight is 291 g/mol. The first-order valence-corrected chi connectivity index (χ1v) is 7.18. The minimum absolute atomic E-state index is 0.108. The number of aryl methyl sites for hydroxylation is 1. The van der Waals surface area contributed by atoms with E-state index in [0.29, 0.717) is 5.56 Å². The standard InChI is InChI=1S/C15H21N3O3/c1-10-4-3-5-13(18(20)21)14(10)15(19)17(2)12-8-6-11(16)7-9-12/h3-5,11-12H,6-9,16H2,1-2H3. The lowest BCUT2D eigenvalue weighted by Crippen LogP contribution is -2.42. The fraction of sp³-hybridized carbons (Fsp3) is 0.533. The Labute approximate surface area is 124 Å². The van der Waals surface area contributed by atoms with E-state index in [2.05, 4.69) is 0 Å². The molecule has 21 heavy (non-hydrogen) atoms. The van der Waals surface area contributed by atoms with Crippen molar-refractivity contribution >= 4 is 11.6 Å². The first-order chi connectivity index (χ1) is 9.91. The molecule has 1 aliphatic rings. The Hall–Kier alpha value is -1.95. The maximum Gasteiger partial charge on any atom is 0.282 e. The van der Waals surface area contributed by atoms with Crippen molar-refractivity contribution < 1.29 is 9.72 Å². The number of carbonyl (C=O) groups excluding carboxylic acids is 1. The fourth-order valence-electron chi connectivity index (χ4n) is 2.91. The van der Waals surface area contributed by atoms with Crippen LogP contribution in [0.5, 0.6) is 0 Å². The lowest BCUT2D eigenvalue weighted by atomic mass is 9.90. The molecular formula is C15H21N3O3. The Morgan fingerprint density at radius 2 is 1.95 bits per heavy atom. The van der Waals surface area contributed by atoms with Gasteiger partial charge in [0.05, 0.1) is 4.92 Å². The van der Waals surface area contributed by atoms with Crippen LogP contribution in [0.4, 0.5) is 5.69 Å². The Balaban J connectivity index is 2.25. The summed E-state index contributed by atoms with van der Waals surface area (Å²) >= 11 is 0. The van der Waals surface area contributed by atoms with E-state index >= 15 is 0 Å². The van der Waals surface area contributed by atoms with Crippen LogP contribution in [0.3, 0.4) is 0 Å². The smallest absolute Gasteiger partial charge is 0.282 e. The minimum atomic E-state index is -0.495. The van der Waals surface area contributed by atoms with Gasteiger partial charge in [0.15, 0.2) is 0 Å². The van der Waals surface area contributed by atoms with E-state index in [9.17, 15) is 14.9 Å². The molecule has 1 saturated carbocycles. The number of rotatable bonds is 3. The molecule has 0 unspecified atom stereocenters. The molecule has 0 atom stereocenters. The summed E-state index contributed by atoms with van der Waals surface area (Å²) in [5.41, 5.74) is 6.58. The maximum atomic E-state index is 12.7. The number of hydrogen-bond acceptors (Lipinski definition) is 4. The van der Waals surface area contributed by atoms with Crippen molar-refractivity contribution in [2.45, 2.75) is 44.7 Å². The molecule has 1 amide bonds. The van der Waals surface area contributed by atoms with Gasteiger partial charge in [0, 0.05) is 25.2 Å². The van der Waals surface area contributed by atoms with Gasteiger partial charge in [-0.25, -0.2) is 0 Å². The molecule has 0 radical (unpaired) electrons. The highest BCUT2D eigenvalue weighted by Gasteiger charge is 2.30. The van der Waals surface area contributed by atoms with Gasteiger partial charge in [0.2, 0.25) is 0 Å². The fourth-order valence-corrected chi connectivity index (χ4v) is 2.91. The molecule has 1 aliphatic carbocycles. The summed E-state index contributed by atoms with van der Waals surface area (Å²) in [4.78, 5) is 24.9. The van der Waals surface area contributed by atoms with Gasteiger partial charge >= 0.3 is 0 Å². The summed E-state index contributed by atoms with van der Waals surface area (Å²) < 4.78 is 0. The highest BCUT2D eigenvalue weighted by molar-refractivity contribution is 5.99. The summed E-state index contributed by atoms with van der Waals surface area (Å²) in [6.07, 6.45) is 3.47. The summed E-state index contributed by atoms with van der Waals surface area (Å²) in [6, 6.07) is 5.02. The molecule has 0 aromatic heterocycles. The number of nitrogens with zero attached hydrogens (tertiary/aromatic N) is 2. The third-order valence-electron chi connectivity index (χ3n) is 4.27. The van der Waals surface area contributed by atoms with Crippen molar-refractivity contribution in [3.8, 4) is 0 Å². The zero-order chi connectivity index (χ0) is 15.6. The van der Waals surface area contributed by atoms with Crippen molar-refractivity contribution in [3.63, 3.8) is 0 Å². The number of carbonyl (C=O) groups is 1. The van der Waals surface area contributed by atoms with Crippen LogP contribution >= 0.6 is 0 Å². The Morgan fingerprint density at radius 3 is 2.52 bits per heavy atom. The summed E-state index contributed by atoms with van der Waals surface area (Å²) in [5.74, 6) is -0.278. The van der Waals surface area contributed by atoms with Crippen LogP contribution in [0.1, 0.15) is 41.6 Å². The van der Waals surface area contributed by atoms with Gasteiger partial charge in [-0.15, -0.1) is 0 Å². The van der Waals surface area contributed by atoms with Gasteiger partial charge in [-0.3, -0.25) is 14.9 Å². The number of benzene rings is 1. The van der Waals surface area contributed by atoms with Crippen molar-refractivity contribution in [3.05, 3.63) is 39.4 Å². The molecule has 114 valence electrons. The molecular weight excluding hydrogens is 270 g/mol. The number of nitrogens with two attached hydrogens (primary N) is 1. The largest absolute Gasteiger partial charge is 0.338 e. The number of nitro groups is 1. The van der Waals surface area contributed by atoms with E-state index < -0.39 is 4.92 Å². The number of nitro benzene ring substituents is 1. The van der Waals surface area contributed by atoms with E-state index in [0.717, 1.165) is 25.7 Å². The monoisotopic (exact) mass is 291 g/mol. The van der Waals surface area contributed by atoms with Crippen LogP contribution in [0.2, 0.25) is 0 Å². The second-order valence-corrected chi connectivity index (χ2v) is 5.71. The zero-order valence-electron chi connectivity index (χ0n) is 12.4. The van der Waals surface area contributed by atoms with Gasteiger partial charge < -0.3 is 10.6 Å². The molecule has 0 bridgehead atoms. The molecule has 0 saturated heterocycles. The van der Waals surface area contributed by atoms with Crippen LogP contribution in [-0.2, 0) is 0 Å². The van der Waals surface area contributed by atoms with Crippen molar-refractivity contribution in [1.82, 2.24) is 4.90 Å². The second-order valence-electron chi connectivity index (χ2n) is 5.71. The van der Waals surface area contributed by atoms with E-state index in [-0.39, 0.29) is 29.2 Å². The van der Waals surface area contributed by atoms with E-state index in [1.54, 1.807) is 31.0 Å². The average Bonchev–Trinajstić information content (AvgIpc) is 2.46. The topological polar surface area (TPSA) is 89.5 Å². The number of amides is 1. The van der Waals surface area contributed by atoms with Crippen molar-refractivity contribution in [2.75, 3.05) is 7.05 Å². The maximum absolute atomic E-state index is 12.7. The third kappa shape index (κ3) is 3.21. The molecule has 6 heteroatoms. The molecule has 1 aromatic carbocycles. The second kappa shape index (κ2) is 6.22. The van der Waals surface area contributed by atoms with E-state index in [1.807, 2.05) is 0 Å². The van der Waals surface area contributed by atoms with Crippen LogP contribution in [0, 0.1) is 17.0 Å². The van der Waals surface area contributed by atoms with E-state index in [1.165, 1.54) is 6.07 Å². The molecule has 1 aromatic rings. The quantitative estimate of drug-likeness (QED) is 0.683. The molecule has 0 spiro atoms. The molecule has 0 heterocycles. The molecule has 2 N–H and O–H groups in total. The summed E-state index contributed by atoms with van der Waals surface area (Å²) in [5, 5.41) is 11.1. The normalized spacial score (nSPS) is 21.9. The third-order valence-corrected chi connectivity index (χ3v) is 4.27. The van der Waals surface area contributed by atoms with Crippen molar-refractivity contribution in [1.29, 1.82) is 0 Å². The predicted octanol–water partition coefficient (Wildman–Crippen LogP) is 2.25. The number of hydrogen-bond donors (Lipinski definition) is 1. The van der Waals surface area contributed by atoms with Gasteiger partial charge in [-0.2, -0.15) is 0 Å². The van der Waals surface area contributed by atoms with Crippen LogP contribution in [-0.4, -0.2) is 34.9 Å². The van der Waals surface area contributed by atoms with Gasteiger partial charge in [-0.05, 0) is 38.2 Å². The molecule has 6 nitrogen and oxygen atoms in total. The Kier molecular flexibility index (Phi) is 4.57. The molecule has 0 aliphatic heterocycles. The zero-order valence-corrected chi connectivity index (χ0v) is 12.4. The highest BCUT2D eigenvalue weighted by Crippen LogP contribution is 2.27. The lowest BCUT2D eigenvalue weighted by molar-refractivity contribution is -0.385. The Morgan fingerprint density at radius 1 is 1.33 bits per heavy atom. The van der Waals surface area contributed by atoms with Crippen LogP contribution in [0.15, 0.2) is 18.2 Å². The predicted molar refractivity (Wildman–Crippen MR) is 80.2 cm³/mol. The lowest BCUT2D eigenvalue weighted by Gasteiger charge is -2.33. The first kappa shape index (κ1) is 15.4. The SMILES string of the molecule is Cc1cccc([N+](=O)[O-])c1C(=O)N(C)C1CCC(N)CC1. The van der Waals surface area contributed by atoms with Gasteiger partial charge in [0.25, 0.3) is 11.6 Å². The first-order valence-electron chi connectivity index (χ1n) is 7.18. The highest BCUT2D eigenvalue weighted by atomic mass is 16.6. The van der Waals surface area contributed by atoms with Crippen molar-refractivity contribution in [2.24, 2.45) is 5.73 Å². The molecule has 1 fully saturated rings. The molecule has 2 rings (SSSR count). The van der Waals surface area contributed by atoms with Gasteiger partial charge in [0.1, 0.15) is 5.56 Å². The van der Waals surface area contributed by atoms with Crippen LogP contribution in [0.25, 0.3) is 0 Å².